The fraction of sp³-hybridized carbons (Fsp3) is 0.500. The third kappa shape index (κ3) is 3.56. The van der Waals surface area contributed by atoms with Gasteiger partial charge >= 0.3 is 0 Å². The van der Waals surface area contributed by atoms with Crippen molar-refractivity contribution in [3.8, 4) is 0 Å². The molecule has 0 bridgehead atoms. The van der Waals surface area contributed by atoms with Crippen LogP contribution in [0.15, 0.2) is 30.2 Å². The zero-order valence-corrected chi connectivity index (χ0v) is 6.00. The standard InChI is InChI=1S/C12H18/c1-2-3-4-6-9-12-10-7-5-8-11-12/h5,7-8,10-11H,2-4,6,9H2,1H3/i1D3,2D2,3D2,4D2,5D,6D2,7D,8D,9D2,10D,11D. The summed E-state index contributed by atoms with van der Waals surface area (Å²) < 4.78 is 138. The van der Waals surface area contributed by atoms with E-state index >= 15 is 0 Å². The van der Waals surface area contributed by atoms with E-state index in [2.05, 4.69) is 0 Å². The van der Waals surface area contributed by atoms with Gasteiger partial charge in [0, 0.05) is 17.8 Å². The van der Waals surface area contributed by atoms with E-state index in [1.54, 1.807) is 0 Å². The molecule has 0 spiro atoms. The first kappa shape index (κ1) is 1.37. The monoisotopic (exact) mass is 180 g/mol. The first-order chi connectivity index (χ1) is 12.9. The Morgan fingerprint density at radius 3 is 2.83 bits per heavy atom. The van der Waals surface area contributed by atoms with Crippen LogP contribution >= 0.6 is 0 Å². The highest BCUT2D eigenvalue weighted by atomic mass is 14.0. The van der Waals surface area contributed by atoms with E-state index in [1.807, 2.05) is 0 Å². The molecule has 0 aliphatic heterocycles. The fourth-order valence-corrected chi connectivity index (χ4v) is 0.469. The molecule has 0 heteroatoms. The molecule has 0 atom stereocenters. The molecule has 0 heterocycles. The molecule has 1 rings (SSSR count). The average Bonchev–Trinajstić information content (AvgIpc) is 2.56. The first-order valence-corrected chi connectivity index (χ1v) is 3.00. The van der Waals surface area contributed by atoms with Crippen molar-refractivity contribution in [3.63, 3.8) is 0 Å². The maximum atomic E-state index is 8.07. The summed E-state index contributed by atoms with van der Waals surface area (Å²) in [6, 6.07) is -5.43. The van der Waals surface area contributed by atoms with E-state index in [9.17, 15) is 0 Å². The summed E-state index contributed by atoms with van der Waals surface area (Å²) in [6.07, 6.45) is -20.2. The van der Waals surface area contributed by atoms with Crippen molar-refractivity contribution in [2.45, 2.75) is 38.7 Å². The second-order valence-corrected chi connectivity index (χ2v) is 1.62. The lowest BCUT2D eigenvalue weighted by atomic mass is 10.1. The topological polar surface area (TPSA) is 0 Å². The minimum Gasteiger partial charge on any atom is -0.0654 e. The summed E-state index contributed by atoms with van der Waals surface area (Å²) in [5, 5.41) is 0. The molecule has 0 nitrogen and oxygen atoms in total. The van der Waals surface area contributed by atoms with Gasteiger partial charge in [-0.2, -0.15) is 0 Å². The minimum absolute atomic E-state index is 0.929. The van der Waals surface area contributed by atoms with Crippen molar-refractivity contribution >= 4 is 0 Å². The van der Waals surface area contributed by atoms with Crippen LogP contribution in [-0.2, 0) is 6.37 Å². The van der Waals surface area contributed by atoms with E-state index in [-0.39, 0.29) is 0 Å². The molecular formula is C12H18. The van der Waals surface area contributed by atoms with Gasteiger partial charge in [0.05, 0.1) is 6.85 Å². The van der Waals surface area contributed by atoms with Crippen LogP contribution in [0.1, 0.15) is 62.6 Å². The Kier molecular flexibility index (Phi) is 0.665. The molecule has 0 aliphatic carbocycles. The second kappa shape index (κ2) is 5.82. The van der Waals surface area contributed by atoms with Gasteiger partial charge < -0.3 is 0 Å². The van der Waals surface area contributed by atoms with Crippen LogP contribution in [0, 0.1) is 0 Å². The Hall–Kier alpha value is -0.780. The molecular weight excluding hydrogens is 144 g/mol. The zero-order valence-electron chi connectivity index (χ0n) is 24.0. The van der Waals surface area contributed by atoms with Gasteiger partial charge in [-0.25, -0.2) is 0 Å². The lowest BCUT2D eigenvalue weighted by Gasteiger charge is -1.99. The van der Waals surface area contributed by atoms with Crippen LogP contribution in [-0.4, -0.2) is 0 Å². The van der Waals surface area contributed by atoms with Crippen LogP contribution in [0.2, 0.25) is 0 Å². The number of rotatable bonds is 5. The molecule has 0 saturated heterocycles. The summed E-state index contributed by atoms with van der Waals surface area (Å²) in [6.45, 7) is -3.76. The SMILES string of the molecule is [2H]c1c([2H])c([2H])c(C([2H])([2H])C([2H])([2H])C([2H])([2H])C([2H])([2H])C([2H])([2H])C([2H])([2H])[2H])c([2H])c1[2H]. The molecule has 1 aromatic carbocycles. The van der Waals surface area contributed by atoms with Gasteiger partial charge in [0.25, 0.3) is 0 Å². The molecule has 0 aromatic heterocycles. The van der Waals surface area contributed by atoms with Gasteiger partial charge in [0.15, 0.2) is 0 Å². The summed E-state index contributed by atoms with van der Waals surface area (Å²) in [7, 11) is 0. The van der Waals surface area contributed by atoms with Crippen molar-refractivity contribution in [3.05, 3.63) is 35.8 Å². The van der Waals surface area contributed by atoms with Crippen LogP contribution in [0.3, 0.4) is 0 Å². The minimum atomic E-state index is -4.19. The van der Waals surface area contributed by atoms with Gasteiger partial charge in [-0.3, -0.25) is 0 Å². The largest absolute Gasteiger partial charge is 0.0654 e. The molecule has 0 radical (unpaired) electrons. The number of hydrogen-bond acceptors (Lipinski definition) is 0. The predicted molar refractivity (Wildman–Crippen MR) is 54.3 cm³/mol. The van der Waals surface area contributed by atoms with Crippen LogP contribution in [0.4, 0.5) is 0 Å². The lowest BCUT2D eigenvalue weighted by molar-refractivity contribution is 0.667. The van der Waals surface area contributed by atoms with Crippen LogP contribution in [0.25, 0.3) is 0 Å². The molecule has 0 unspecified atom stereocenters. The quantitative estimate of drug-likeness (QED) is 0.646. The summed E-state index contributed by atoms with van der Waals surface area (Å²) in [5.74, 6) is 0. The lowest BCUT2D eigenvalue weighted by Crippen LogP contribution is -1.84. The molecule has 0 aliphatic rings. The molecule has 0 saturated carbocycles. The summed E-state index contributed by atoms with van der Waals surface area (Å²) in [4.78, 5) is 0. The normalized spacial score (nSPS) is 39.0. The predicted octanol–water partition coefficient (Wildman–Crippen LogP) is 3.81. The van der Waals surface area contributed by atoms with E-state index in [4.69, 9.17) is 24.7 Å². The second-order valence-electron chi connectivity index (χ2n) is 1.62. The van der Waals surface area contributed by atoms with Crippen molar-refractivity contribution in [2.24, 2.45) is 0 Å². The molecule has 12 heavy (non-hydrogen) atoms. The van der Waals surface area contributed by atoms with E-state index in [0.29, 0.717) is 0 Å². The Labute approximate surface area is 101 Å². The highest BCUT2D eigenvalue weighted by Gasteiger charge is 1.90. The highest BCUT2D eigenvalue weighted by Crippen LogP contribution is 2.06. The van der Waals surface area contributed by atoms with E-state index in [0.717, 1.165) is 0 Å². The summed E-state index contributed by atoms with van der Waals surface area (Å²) in [5.41, 5.74) is -1.31. The molecule has 66 valence electrons. The Morgan fingerprint density at radius 2 is 2.08 bits per heavy atom. The smallest absolute Gasteiger partial charge is 0.0626 e. The van der Waals surface area contributed by atoms with Crippen molar-refractivity contribution in [1.29, 1.82) is 0 Å². The summed E-state index contributed by atoms with van der Waals surface area (Å²) >= 11 is 0. The Morgan fingerprint density at radius 1 is 1.25 bits per heavy atom. The maximum absolute atomic E-state index is 8.07. The van der Waals surface area contributed by atoms with Gasteiger partial charge in [0.1, 0.15) is 0 Å². The van der Waals surface area contributed by atoms with Crippen LogP contribution < -0.4 is 0 Å². The Balaban J connectivity index is 3.87. The zero-order chi connectivity index (χ0) is 24.5. The van der Waals surface area contributed by atoms with Gasteiger partial charge in [-0.15, -0.1) is 0 Å². The molecule has 0 N–H and O–H groups in total. The number of hydrogen-bond donors (Lipinski definition) is 0. The Bertz CT molecular complexity index is 802. The first-order valence-electron chi connectivity index (χ1n) is 12.0. The molecule has 0 fully saturated rings. The van der Waals surface area contributed by atoms with Gasteiger partial charge in [0.2, 0.25) is 0 Å². The van der Waals surface area contributed by atoms with Crippen molar-refractivity contribution in [2.75, 3.05) is 0 Å². The number of benzene rings is 1. The third-order valence-corrected chi connectivity index (χ3v) is 0.875. The van der Waals surface area contributed by atoms with Crippen molar-refractivity contribution in [1.82, 2.24) is 0 Å². The highest BCUT2D eigenvalue weighted by molar-refractivity contribution is 5.14. The van der Waals surface area contributed by atoms with Gasteiger partial charge in [-0.1, -0.05) is 56.2 Å². The average molecular weight is 180 g/mol. The maximum Gasteiger partial charge on any atom is 0.0626 e. The van der Waals surface area contributed by atoms with Crippen molar-refractivity contribution < 1.29 is 24.7 Å². The molecule has 1 aromatic rings. The molecule has 0 amide bonds. The van der Waals surface area contributed by atoms with Gasteiger partial charge in [-0.05, 0) is 18.3 Å². The van der Waals surface area contributed by atoms with Crippen LogP contribution in [0.5, 0.6) is 0 Å². The van der Waals surface area contributed by atoms with E-state index < -0.39 is 74.5 Å². The third-order valence-electron chi connectivity index (χ3n) is 0.875. The van der Waals surface area contributed by atoms with E-state index in [1.165, 1.54) is 0 Å². The fourth-order valence-electron chi connectivity index (χ4n) is 0.469.